The van der Waals surface area contributed by atoms with Crippen LogP contribution < -0.4 is 4.90 Å². The van der Waals surface area contributed by atoms with Crippen molar-refractivity contribution in [3.8, 4) is 11.1 Å². The minimum atomic E-state index is -1.32. The number of aromatic carboxylic acids is 1. The number of anilines is 2. The molecule has 162 valence electrons. The second-order valence-corrected chi connectivity index (χ2v) is 8.50. The van der Waals surface area contributed by atoms with Crippen molar-refractivity contribution in [2.24, 2.45) is 5.92 Å². The summed E-state index contributed by atoms with van der Waals surface area (Å²) in [5.41, 5.74) is 2.65. The molecule has 0 spiro atoms. The lowest BCUT2D eigenvalue weighted by Crippen LogP contribution is -2.20. The van der Waals surface area contributed by atoms with Crippen molar-refractivity contribution in [3.63, 3.8) is 0 Å². The summed E-state index contributed by atoms with van der Waals surface area (Å²) in [5.74, 6) is -1.52. The third kappa shape index (κ3) is 5.41. The molecule has 0 unspecified atom stereocenters. The van der Waals surface area contributed by atoms with Crippen molar-refractivity contribution in [2.75, 3.05) is 11.4 Å². The number of thiol groups is 1. The largest absolute Gasteiger partial charge is 0.478 e. The van der Waals surface area contributed by atoms with E-state index in [9.17, 15) is 14.3 Å². The van der Waals surface area contributed by atoms with E-state index in [1.54, 1.807) is 6.07 Å². The maximum absolute atomic E-state index is 13.8. The second kappa shape index (κ2) is 10.2. The number of rotatable bonds is 8. The first-order valence-electron chi connectivity index (χ1n) is 10.2. The molecule has 0 amide bonds. The molecule has 0 aromatic heterocycles. The Bertz CT molecular complexity index is 1070. The molecular formula is C25H25ClFNO2S. The molecule has 3 aromatic carbocycles. The zero-order valence-corrected chi connectivity index (χ0v) is 19.1. The zero-order chi connectivity index (χ0) is 22.5. The molecule has 0 aliphatic rings. The Kier molecular flexibility index (Phi) is 7.63. The minimum Gasteiger partial charge on any atom is -0.478 e. The predicted octanol–water partition coefficient (Wildman–Crippen LogP) is 7.71. The third-order valence-electron chi connectivity index (χ3n) is 5.47. The minimum absolute atomic E-state index is 0.391. The molecule has 1 N–H and O–H groups in total. The van der Waals surface area contributed by atoms with Crippen LogP contribution in [0.2, 0.25) is 5.02 Å². The zero-order valence-electron chi connectivity index (χ0n) is 17.5. The van der Waals surface area contributed by atoms with E-state index in [0.29, 0.717) is 27.0 Å². The van der Waals surface area contributed by atoms with Gasteiger partial charge < -0.3 is 10.0 Å². The van der Waals surface area contributed by atoms with Gasteiger partial charge in [-0.25, -0.2) is 9.18 Å². The Hall–Kier alpha value is -2.50. The van der Waals surface area contributed by atoms with Gasteiger partial charge in [0.25, 0.3) is 0 Å². The van der Waals surface area contributed by atoms with Crippen molar-refractivity contribution in [2.45, 2.75) is 31.6 Å². The maximum Gasteiger partial charge on any atom is 0.338 e. The van der Waals surface area contributed by atoms with Gasteiger partial charge in [0.15, 0.2) is 0 Å². The molecule has 0 aliphatic heterocycles. The van der Waals surface area contributed by atoms with Crippen LogP contribution in [0.1, 0.15) is 37.0 Å². The standard InChI is InChI=1S/C25H25ClFNO2S/c1-3-16(2)11-12-28(18-7-5-4-6-8-18)23-15-21(26)19(14-24(23)31)17-9-10-22(27)20(13-17)25(29)30/h4-10,13-16,31H,3,11-12H2,1-2H3,(H,29,30)/t16-/m1/s1. The number of nitrogens with zero attached hydrogens (tertiary/aromatic N) is 1. The van der Waals surface area contributed by atoms with Crippen LogP contribution in [0, 0.1) is 11.7 Å². The monoisotopic (exact) mass is 457 g/mol. The molecule has 0 bridgehead atoms. The first kappa shape index (κ1) is 23.2. The fourth-order valence-corrected chi connectivity index (χ4v) is 3.98. The summed E-state index contributed by atoms with van der Waals surface area (Å²) in [5, 5.41) is 9.68. The van der Waals surface area contributed by atoms with Gasteiger partial charge in [0.1, 0.15) is 5.82 Å². The summed E-state index contributed by atoms with van der Waals surface area (Å²) in [6, 6.07) is 17.7. The Morgan fingerprint density at radius 3 is 2.52 bits per heavy atom. The molecule has 0 radical (unpaired) electrons. The highest BCUT2D eigenvalue weighted by Crippen LogP contribution is 2.39. The van der Waals surface area contributed by atoms with Gasteiger partial charge in [-0.15, -0.1) is 12.6 Å². The van der Waals surface area contributed by atoms with E-state index in [-0.39, 0.29) is 0 Å². The summed E-state index contributed by atoms with van der Waals surface area (Å²) in [4.78, 5) is 14.2. The van der Waals surface area contributed by atoms with Gasteiger partial charge in [-0.1, -0.05) is 56.1 Å². The SMILES string of the molecule is CC[C@@H](C)CCN(c1ccccc1)c1cc(Cl)c(-c2ccc(F)c(C(=O)O)c2)cc1S. The Morgan fingerprint density at radius 2 is 1.87 bits per heavy atom. The molecule has 3 rings (SSSR count). The van der Waals surface area contributed by atoms with E-state index in [4.69, 9.17) is 24.2 Å². The molecule has 6 heteroatoms. The summed E-state index contributed by atoms with van der Waals surface area (Å²) in [6.45, 7) is 5.22. The number of hydrogen-bond donors (Lipinski definition) is 2. The normalized spacial score (nSPS) is 11.9. The molecule has 3 aromatic rings. The molecule has 0 fully saturated rings. The Labute approximate surface area is 192 Å². The smallest absolute Gasteiger partial charge is 0.338 e. The first-order valence-corrected chi connectivity index (χ1v) is 11.0. The molecule has 1 atom stereocenters. The molecule has 0 heterocycles. The van der Waals surface area contributed by atoms with Crippen molar-refractivity contribution in [3.05, 3.63) is 77.1 Å². The van der Waals surface area contributed by atoms with Crippen LogP contribution in [0.25, 0.3) is 11.1 Å². The van der Waals surface area contributed by atoms with Crippen LogP contribution in [-0.2, 0) is 0 Å². The van der Waals surface area contributed by atoms with Crippen molar-refractivity contribution in [1.82, 2.24) is 0 Å². The number of carbonyl (C=O) groups is 1. The predicted molar refractivity (Wildman–Crippen MR) is 129 cm³/mol. The lowest BCUT2D eigenvalue weighted by molar-refractivity contribution is 0.0692. The van der Waals surface area contributed by atoms with E-state index in [2.05, 4.69) is 18.7 Å². The van der Waals surface area contributed by atoms with E-state index in [0.717, 1.165) is 36.8 Å². The van der Waals surface area contributed by atoms with Gasteiger partial charge in [0.2, 0.25) is 0 Å². The molecule has 0 saturated heterocycles. The van der Waals surface area contributed by atoms with Gasteiger partial charge >= 0.3 is 5.97 Å². The van der Waals surface area contributed by atoms with Gasteiger partial charge in [0.05, 0.1) is 16.3 Å². The average molecular weight is 458 g/mol. The number of hydrogen-bond acceptors (Lipinski definition) is 3. The maximum atomic E-state index is 13.8. The van der Waals surface area contributed by atoms with Crippen molar-refractivity contribution >= 4 is 41.6 Å². The summed E-state index contributed by atoms with van der Waals surface area (Å²) >= 11 is 11.3. The molecule has 0 aliphatic carbocycles. The van der Waals surface area contributed by atoms with Crippen LogP contribution in [0.15, 0.2) is 65.6 Å². The van der Waals surface area contributed by atoms with E-state index < -0.39 is 17.3 Å². The van der Waals surface area contributed by atoms with E-state index in [1.165, 1.54) is 12.1 Å². The van der Waals surface area contributed by atoms with E-state index >= 15 is 0 Å². The van der Waals surface area contributed by atoms with Crippen LogP contribution in [-0.4, -0.2) is 17.6 Å². The van der Waals surface area contributed by atoms with Gasteiger partial charge in [-0.2, -0.15) is 0 Å². The number of carboxylic acids is 1. The number of halogens is 2. The quantitative estimate of drug-likeness (QED) is 0.340. The number of benzene rings is 3. The fourth-order valence-electron chi connectivity index (χ4n) is 3.40. The lowest BCUT2D eigenvalue weighted by atomic mass is 10.0. The molecule has 3 nitrogen and oxygen atoms in total. The van der Waals surface area contributed by atoms with Gasteiger partial charge in [-0.05, 0) is 54.3 Å². The lowest BCUT2D eigenvalue weighted by Gasteiger charge is -2.28. The number of carboxylic acid groups (broad SMARTS) is 1. The first-order chi connectivity index (χ1) is 14.8. The van der Waals surface area contributed by atoms with Crippen LogP contribution in [0.5, 0.6) is 0 Å². The van der Waals surface area contributed by atoms with Crippen LogP contribution in [0.4, 0.5) is 15.8 Å². The third-order valence-corrected chi connectivity index (χ3v) is 6.14. The highest BCUT2D eigenvalue weighted by molar-refractivity contribution is 7.80. The Morgan fingerprint density at radius 1 is 1.16 bits per heavy atom. The molecule has 0 saturated carbocycles. The molecular weight excluding hydrogens is 433 g/mol. The Balaban J connectivity index is 2.04. The highest BCUT2D eigenvalue weighted by Gasteiger charge is 2.18. The summed E-state index contributed by atoms with van der Waals surface area (Å²) < 4.78 is 13.8. The summed E-state index contributed by atoms with van der Waals surface area (Å²) in [6.07, 6.45) is 2.12. The van der Waals surface area contributed by atoms with Crippen LogP contribution >= 0.6 is 24.2 Å². The summed E-state index contributed by atoms with van der Waals surface area (Å²) in [7, 11) is 0. The van der Waals surface area contributed by atoms with Crippen molar-refractivity contribution in [1.29, 1.82) is 0 Å². The topological polar surface area (TPSA) is 40.5 Å². The van der Waals surface area contributed by atoms with Gasteiger partial charge in [-0.3, -0.25) is 0 Å². The molecule has 31 heavy (non-hydrogen) atoms. The fraction of sp³-hybridized carbons (Fsp3) is 0.240. The van der Waals surface area contributed by atoms with Gasteiger partial charge in [0, 0.05) is 22.7 Å². The van der Waals surface area contributed by atoms with E-state index in [1.807, 2.05) is 36.4 Å². The second-order valence-electron chi connectivity index (χ2n) is 7.61. The highest BCUT2D eigenvalue weighted by atomic mass is 35.5. The average Bonchev–Trinajstić information content (AvgIpc) is 2.76. The van der Waals surface area contributed by atoms with Crippen LogP contribution in [0.3, 0.4) is 0 Å². The van der Waals surface area contributed by atoms with Crippen molar-refractivity contribution < 1.29 is 14.3 Å². The number of para-hydroxylation sites is 1.